The molecule has 0 aliphatic carbocycles. The molecule has 0 N–H and O–H groups in total. The highest BCUT2D eigenvalue weighted by molar-refractivity contribution is 7.92. The quantitative estimate of drug-likeness (QED) is 0.494. The van der Waals surface area contributed by atoms with Crippen LogP contribution < -0.4 is 4.80 Å². The van der Waals surface area contributed by atoms with Crippen molar-refractivity contribution >= 4 is 43.2 Å². The van der Waals surface area contributed by atoms with Gasteiger partial charge in [-0.15, -0.1) is 0 Å². The average Bonchev–Trinajstić information content (AvgIpc) is 3.08. The van der Waals surface area contributed by atoms with Gasteiger partial charge >= 0.3 is 0 Å². The fourth-order valence-electron chi connectivity index (χ4n) is 4.05. The normalized spacial score (nSPS) is 17.6. The molecule has 0 spiro atoms. The molecule has 33 heavy (non-hydrogen) atoms. The van der Waals surface area contributed by atoms with E-state index in [9.17, 15) is 22.4 Å². The summed E-state index contributed by atoms with van der Waals surface area (Å²) >= 11 is 1.10. The number of hydrogen-bond acceptors (Lipinski definition) is 6. The fraction of sp³-hybridized carbons (Fsp3) is 0.591. The third-order valence-electron chi connectivity index (χ3n) is 5.63. The van der Waals surface area contributed by atoms with Gasteiger partial charge in [-0.3, -0.25) is 9.59 Å². The molecule has 2 aromatic rings. The Balaban J connectivity index is 1.78. The largest absolute Gasteiger partial charge is 0.380 e. The van der Waals surface area contributed by atoms with Gasteiger partial charge in [0.15, 0.2) is 14.6 Å². The van der Waals surface area contributed by atoms with E-state index in [0.717, 1.165) is 37.0 Å². The van der Waals surface area contributed by atoms with Gasteiger partial charge in [0.1, 0.15) is 17.3 Å². The van der Waals surface area contributed by atoms with E-state index >= 15 is 0 Å². The number of nitrogens with zero attached hydrogens (tertiary/aromatic N) is 3. The van der Waals surface area contributed by atoms with E-state index in [1.807, 2.05) is 13.8 Å². The van der Waals surface area contributed by atoms with E-state index in [4.69, 9.17) is 4.74 Å². The number of hydrogen-bond donors (Lipinski definition) is 0. The Bertz CT molecular complexity index is 1170. The van der Waals surface area contributed by atoms with Crippen molar-refractivity contribution in [1.82, 2.24) is 9.47 Å². The molecule has 2 heterocycles. The molecule has 3 rings (SSSR count). The predicted molar refractivity (Wildman–Crippen MR) is 125 cm³/mol. The zero-order valence-electron chi connectivity index (χ0n) is 19.0. The molecule has 1 aliphatic rings. The van der Waals surface area contributed by atoms with Crippen LogP contribution in [0.2, 0.25) is 0 Å². The maximum atomic E-state index is 13.7. The minimum Gasteiger partial charge on any atom is -0.380 e. The van der Waals surface area contributed by atoms with Gasteiger partial charge in [0, 0.05) is 25.7 Å². The minimum absolute atomic E-state index is 0.0464. The number of carbonyl (C=O) groups is 2. The van der Waals surface area contributed by atoms with E-state index in [0.29, 0.717) is 36.5 Å². The first kappa shape index (κ1) is 25.5. The van der Waals surface area contributed by atoms with E-state index in [-0.39, 0.29) is 10.8 Å². The molecule has 8 nitrogen and oxygen atoms in total. The van der Waals surface area contributed by atoms with Crippen molar-refractivity contribution in [3.63, 3.8) is 0 Å². The first-order valence-electron chi connectivity index (χ1n) is 11.2. The van der Waals surface area contributed by atoms with Crippen molar-refractivity contribution < 1.29 is 27.1 Å². The lowest BCUT2D eigenvalue weighted by Gasteiger charge is -2.35. The number of rotatable bonds is 9. The fourth-order valence-corrected chi connectivity index (χ4v) is 6.23. The highest BCUT2D eigenvalue weighted by Crippen LogP contribution is 2.20. The van der Waals surface area contributed by atoms with Gasteiger partial charge in [-0.25, -0.2) is 12.8 Å². The van der Waals surface area contributed by atoms with Gasteiger partial charge in [0.25, 0.3) is 5.91 Å². The maximum absolute atomic E-state index is 13.7. The number of aromatic nitrogens is 1. The lowest BCUT2D eigenvalue weighted by molar-refractivity contribution is -0.132. The number of ether oxygens (including phenoxy) is 1. The van der Waals surface area contributed by atoms with Crippen molar-refractivity contribution in [1.29, 1.82) is 0 Å². The highest BCUT2D eigenvalue weighted by Gasteiger charge is 2.29. The van der Waals surface area contributed by atoms with Crippen molar-refractivity contribution in [3.05, 3.63) is 28.8 Å². The van der Waals surface area contributed by atoms with Crippen molar-refractivity contribution in [2.45, 2.75) is 52.1 Å². The van der Waals surface area contributed by atoms with E-state index < -0.39 is 39.0 Å². The smallest absolute Gasteiger partial charge is 0.263 e. The zero-order chi connectivity index (χ0) is 24.0. The van der Waals surface area contributed by atoms with Crippen LogP contribution in [0.15, 0.2) is 23.2 Å². The summed E-state index contributed by atoms with van der Waals surface area (Å²) in [5, 5.41) is 0. The second-order valence-corrected chi connectivity index (χ2v) is 11.1. The van der Waals surface area contributed by atoms with Crippen molar-refractivity contribution in [2.75, 3.05) is 31.3 Å². The topological polar surface area (TPSA) is 98.0 Å². The van der Waals surface area contributed by atoms with Gasteiger partial charge in [0.05, 0.1) is 16.8 Å². The SMILES string of the molecule is CCOCCn1c(=NC(=O)CS(=O)(=O)CC(=O)N2CCCCC2CC)sc2cc(F)ccc21. The molecule has 1 aromatic heterocycles. The summed E-state index contributed by atoms with van der Waals surface area (Å²) in [7, 11) is -3.98. The Hall–Kier alpha value is -2.11. The summed E-state index contributed by atoms with van der Waals surface area (Å²) in [6.45, 7) is 5.64. The van der Waals surface area contributed by atoms with E-state index in [1.165, 1.54) is 12.1 Å². The second-order valence-electron chi connectivity index (χ2n) is 8.03. The van der Waals surface area contributed by atoms with Crippen LogP contribution in [0.3, 0.4) is 0 Å². The molecular weight excluding hydrogens is 469 g/mol. The Morgan fingerprint density at radius 1 is 1.24 bits per heavy atom. The maximum Gasteiger partial charge on any atom is 0.263 e. The lowest BCUT2D eigenvalue weighted by Crippen LogP contribution is -2.46. The molecule has 0 saturated carbocycles. The number of fused-ring (bicyclic) bond motifs is 1. The summed E-state index contributed by atoms with van der Waals surface area (Å²) in [5.74, 6) is -3.28. The van der Waals surface area contributed by atoms with Crippen LogP contribution in [-0.2, 0) is 30.7 Å². The molecule has 1 atom stereocenters. The molecule has 0 radical (unpaired) electrons. The summed E-state index contributed by atoms with van der Waals surface area (Å²) in [6.07, 6.45) is 3.51. The van der Waals surface area contributed by atoms with Gasteiger partial charge in [0.2, 0.25) is 5.91 Å². The first-order valence-corrected chi connectivity index (χ1v) is 13.8. The summed E-state index contributed by atoms with van der Waals surface area (Å²) in [6, 6.07) is 4.30. The zero-order valence-corrected chi connectivity index (χ0v) is 20.6. The van der Waals surface area contributed by atoms with Crippen LogP contribution in [0, 0.1) is 5.82 Å². The molecule has 1 saturated heterocycles. The Morgan fingerprint density at radius 2 is 2.03 bits per heavy atom. The summed E-state index contributed by atoms with van der Waals surface area (Å²) in [5.41, 5.74) is 0.682. The van der Waals surface area contributed by atoms with Gasteiger partial charge in [-0.05, 0) is 50.8 Å². The van der Waals surface area contributed by atoms with Crippen LogP contribution in [0.25, 0.3) is 10.2 Å². The third kappa shape index (κ3) is 6.70. The molecule has 1 aromatic carbocycles. The second kappa shape index (κ2) is 11.3. The number of halogens is 1. The lowest BCUT2D eigenvalue weighted by atomic mass is 10.0. The van der Waals surface area contributed by atoms with Crippen molar-refractivity contribution in [3.8, 4) is 0 Å². The monoisotopic (exact) mass is 499 g/mol. The number of benzene rings is 1. The number of thiazole rings is 1. The van der Waals surface area contributed by atoms with Crippen LogP contribution in [0.1, 0.15) is 39.5 Å². The molecule has 11 heteroatoms. The molecule has 0 bridgehead atoms. The molecule has 1 unspecified atom stereocenters. The molecule has 2 amide bonds. The first-order chi connectivity index (χ1) is 15.7. The Morgan fingerprint density at radius 3 is 2.76 bits per heavy atom. The molecule has 182 valence electrons. The third-order valence-corrected chi connectivity index (χ3v) is 8.05. The van der Waals surface area contributed by atoms with E-state index in [1.54, 1.807) is 15.5 Å². The predicted octanol–water partition coefficient (Wildman–Crippen LogP) is 2.51. The molecule has 1 aliphatic heterocycles. The van der Waals surface area contributed by atoms with Crippen molar-refractivity contribution in [2.24, 2.45) is 4.99 Å². The van der Waals surface area contributed by atoms with E-state index in [2.05, 4.69) is 4.99 Å². The van der Waals surface area contributed by atoms with Crippen LogP contribution >= 0.6 is 11.3 Å². The standard InChI is InChI=1S/C22H30FN3O5S2/c1-3-17-7-5-6-10-25(17)21(28)15-33(29,30)14-20(27)24-22-26(11-12-31-4-2)18-9-8-16(23)13-19(18)32-22/h8-9,13,17H,3-7,10-12,14-15H2,1-2H3. The van der Waals surface area contributed by atoms with Crippen LogP contribution in [0.4, 0.5) is 4.39 Å². The average molecular weight is 500 g/mol. The van der Waals surface area contributed by atoms with Gasteiger partial charge in [-0.1, -0.05) is 18.3 Å². The van der Waals surface area contributed by atoms with Crippen LogP contribution in [-0.4, -0.2) is 67.0 Å². The summed E-state index contributed by atoms with van der Waals surface area (Å²) < 4.78 is 46.5. The minimum atomic E-state index is -3.98. The molecular formula is C22H30FN3O5S2. The Kier molecular flexibility index (Phi) is 8.77. The number of amides is 2. The highest BCUT2D eigenvalue weighted by atomic mass is 32.2. The van der Waals surface area contributed by atoms with Gasteiger partial charge < -0.3 is 14.2 Å². The van der Waals surface area contributed by atoms with Crippen LogP contribution in [0.5, 0.6) is 0 Å². The number of likely N-dealkylation sites (tertiary alicyclic amines) is 1. The number of piperidine rings is 1. The summed E-state index contributed by atoms with van der Waals surface area (Å²) in [4.78, 5) is 31.1. The number of sulfone groups is 1. The molecule has 1 fully saturated rings. The number of carbonyl (C=O) groups excluding carboxylic acids is 2. The van der Waals surface area contributed by atoms with Gasteiger partial charge in [-0.2, -0.15) is 4.99 Å². The Labute approximate surface area is 197 Å².